The maximum atomic E-state index is 12.6. The van der Waals surface area contributed by atoms with Crippen LogP contribution in [0.15, 0.2) is 29.2 Å². The van der Waals surface area contributed by atoms with Gasteiger partial charge in [0, 0.05) is 30.4 Å². The van der Waals surface area contributed by atoms with Gasteiger partial charge in [0.2, 0.25) is 11.8 Å². The summed E-state index contributed by atoms with van der Waals surface area (Å²) in [5.74, 6) is 0.467. The summed E-state index contributed by atoms with van der Waals surface area (Å²) in [4.78, 5) is 29.9. The number of benzene rings is 1. The molecule has 23 heavy (non-hydrogen) atoms. The Morgan fingerprint density at radius 1 is 1.35 bits per heavy atom. The first-order chi connectivity index (χ1) is 11.0. The van der Waals surface area contributed by atoms with Gasteiger partial charge in [-0.25, -0.2) is 0 Å². The first kappa shape index (κ1) is 16.3. The number of fused-ring (bicyclic) bond motifs is 1. The number of thioether (sulfide) groups is 1. The third-order valence-electron chi connectivity index (χ3n) is 4.66. The molecule has 0 spiro atoms. The number of anilines is 1. The van der Waals surface area contributed by atoms with Crippen molar-refractivity contribution >= 4 is 29.3 Å². The molecule has 1 N–H and O–H groups in total. The molecule has 0 saturated carbocycles. The minimum Gasteiger partial charge on any atom is -0.341 e. The second kappa shape index (κ2) is 6.53. The van der Waals surface area contributed by atoms with E-state index in [9.17, 15) is 9.59 Å². The van der Waals surface area contributed by atoms with E-state index in [0.717, 1.165) is 23.7 Å². The smallest absolute Gasteiger partial charge is 0.238 e. The van der Waals surface area contributed by atoms with Gasteiger partial charge in [-0.1, -0.05) is 19.1 Å². The highest BCUT2D eigenvalue weighted by Gasteiger charge is 2.36. The Labute approximate surface area is 141 Å². The van der Waals surface area contributed by atoms with Gasteiger partial charge in [0.05, 0.1) is 10.9 Å². The number of amides is 2. The molecule has 124 valence electrons. The Hall–Kier alpha value is -1.53. The minimum atomic E-state index is -0.342. The summed E-state index contributed by atoms with van der Waals surface area (Å²) < 4.78 is 0. The summed E-state index contributed by atoms with van der Waals surface area (Å²) in [7, 11) is 4.10. The number of carbonyl (C=O) groups excluding carboxylic acids is 2. The van der Waals surface area contributed by atoms with E-state index in [-0.39, 0.29) is 23.5 Å². The lowest BCUT2D eigenvalue weighted by atomic mass is 10.1. The second-order valence-corrected chi connectivity index (χ2v) is 7.85. The van der Waals surface area contributed by atoms with Crippen molar-refractivity contribution in [2.45, 2.75) is 29.5 Å². The summed E-state index contributed by atoms with van der Waals surface area (Å²) >= 11 is 1.49. The maximum Gasteiger partial charge on any atom is 0.238 e. The first-order valence-corrected chi connectivity index (χ1v) is 8.84. The van der Waals surface area contributed by atoms with Gasteiger partial charge in [-0.15, -0.1) is 11.8 Å². The zero-order valence-corrected chi connectivity index (χ0v) is 14.6. The van der Waals surface area contributed by atoms with Crippen LogP contribution in [0.5, 0.6) is 0 Å². The molecule has 0 bridgehead atoms. The van der Waals surface area contributed by atoms with Gasteiger partial charge in [-0.05, 0) is 32.1 Å². The molecule has 6 heteroatoms. The van der Waals surface area contributed by atoms with Crippen LogP contribution in [0.25, 0.3) is 0 Å². The highest BCUT2D eigenvalue weighted by molar-refractivity contribution is 8.01. The molecule has 1 fully saturated rings. The molecule has 0 aliphatic carbocycles. The third-order valence-corrected chi connectivity index (χ3v) is 5.93. The number of likely N-dealkylation sites (tertiary alicyclic amines) is 1. The first-order valence-electron chi connectivity index (χ1n) is 7.96. The van der Waals surface area contributed by atoms with Crippen LogP contribution in [0.4, 0.5) is 5.69 Å². The molecule has 1 saturated heterocycles. The number of nitrogens with one attached hydrogen (secondary N) is 1. The average Bonchev–Trinajstić information content (AvgIpc) is 2.90. The zero-order chi connectivity index (χ0) is 16.6. The molecular weight excluding hydrogens is 310 g/mol. The van der Waals surface area contributed by atoms with Crippen molar-refractivity contribution in [1.29, 1.82) is 0 Å². The van der Waals surface area contributed by atoms with Crippen LogP contribution in [-0.2, 0) is 9.59 Å². The van der Waals surface area contributed by atoms with Crippen LogP contribution < -0.4 is 5.32 Å². The third kappa shape index (κ3) is 3.38. The summed E-state index contributed by atoms with van der Waals surface area (Å²) in [6.45, 7) is 3.70. The second-order valence-electron chi connectivity index (χ2n) is 6.60. The molecule has 0 radical (unpaired) electrons. The Balaban J connectivity index is 1.64. The van der Waals surface area contributed by atoms with Gasteiger partial charge in [-0.3, -0.25) is 9.59 Å². The van der Waals surface area contributed by atoms with Crippen molar-refractivity contribution < 1.29 is 9.59 Å². The largest absolute Gasteiger partial charge is 0.341 e. The van der Waals surface area contributed by atoms with E-state index in [4.69, 9.17) is 0 Å². The average molecular weight is 333 g/mol. The molecule has 2 heterocycles. The summed E-state index contributed by atoms with van der Waals surface area (Å²) in [5.41, 5.74) is 0.841. The Morgan fingerprint density at radius 3 is 2.78 bits per heavy atom. The molecule has 2 aliphatic rings. The number of nitrogens with zero attached hydrogens (tertiary/aromatic N) is 2. The summed E-state index contributed by atoms with van der Waals surface area (Å²) in [6.07, 6.45) is 0.262. The van der Waals surface area contributed by atoms with Gasteiger partial charge in [-0.2, -0.15) is 0 Å². The molecule has 2 amide bonds. The van der Waals surface area contributed by atoms with Crippen molar-refractivity contribution in [2.24, 2.45) is 5.92 Å². The van der Waals surface area contributed by atoms with Crippen LogP contribution in [0.1, 0.15) is 13.3 Å². The fraction of sp³-hybridized carbons (Fsp3) is 0.529. The molecule has 3 atom stereocenters. The lowest BCUT2D eigenvalue weighted by Gasteiger charge is -2.26. The van der Waals surface area contributed by atoms with Crippen LogP contribution in [-0.4, -0.2) is 60.1 Å². The predicted molar refractivity (Wildman–Crippen MR) is 92.6 cm³/mol. The minimum absolute atomic E-state index is 0.0709. The number of carbonyl (C=O) groups is 2. The number of para-hydroxylation sites is 1. The topological polar surface area (TPSA) is 52.7 Å². The quantitative estimate of drug-likeness (QED) is 0.918. The molecule has 3 rings (SSSR count). The number of hydrogen-bond donors (Lipinski definition) is 1. The van der Waals surface area contributed by atoms with Crippen LogP contribution in [0.3, 0.4) is 0 Å². The van der Waals surface area contributed by atoms with Crippen LogP contribution in [0.2, 0.25) is 0 Å². The fourth-order valence-corrected chi connectivity index (χ4v) is 4.44. The normalized spacial score (nSPS) is 27.0. The predicted octanol–water partition coefficient (Wildman–Crippen LogP) is 1.90. The fourth-order valence-electron chi connectivity index (χ4n) is 3.34. The standard InChI is InChI=1S/C17H23N3O2S/c1-11-9-20(10-13(11)19(2)3)16(21)8-15-17(22)18-12-6-4-5-7-14(12)23-15/h4-7,11,13,15H,8-10H2,1-3H3,(H,18,22)/t11-,13+,15+/m1/s1. The number of likely N-dealkylation sites (N-methyl/N-ethyl adjacent to an activating group) is 1. The van der Waals surface area contributed by atoms with Crippen molar-refractivity contribution in [2.75, 3.05) is 32.5 Å². The van der Waals surface area contributed by atoms with Gasteiger partial charge in [0.1, 0.15) is 0 Å². The molecule has 1 aromatic carbocycles. The van der Waals surface area contributed by atoms with E-state index in [1.54, 1.807) is 0 Å². The molecule has 1 aromatic rings. The Bertz CT molecular complexity index is 620. The highest BCUT2D eigenvalue weighted by Crippen LogP contribution is 2.37. The van der Waals surface area contributed by atoms with Crippen molar-refractivity contribution in [3.63, 3.8) is 0 Å². The van der Waals surface area contributed by atoms with E-state index in [1.807, 2.05) is 29.2 Å². The van der Waals surface area contributed by atoms with E-state index in [2.05, 4.69) is 31.2 Å². The molecule has 2 aliphatic heterocycles. The van der Waals surface area contributed by atoms with Crippen molar-refractivity contribution in [3.8, 4) is 0 Å². The van der Waals surface area contributed by atoms with Gasteiger partial charge < -0.3 is 15.1 Å². The SMILES string of the molecule is C[C@@H]1CN(C(=O)C[C@@H]2Sc3ccccc3NC2=O)C[C@@H]1N(C)C. The van der Waals surface area contributed by atoms with Crippen molar-refractivity contribution in [3.05, 3.63) is 24.3 Å². The van der Waals surface area contributed by atoms with Crippen molar-refractivity contribution in [1.82, 2.24) is 9.80 Å². The molecule has 0 unspecified atom stereocenters. The van der Waals surface area contributed by atoms with Gasteiger partial charge in [0.25, 0.3) is 0 Å². The molecule has 0 aromatic heterocycles. The zero-order valence-electron chi connectivity index (χ0n) is 13.8. The lowest BCUT2D eigenvalue weighted by molar-refractivity contribution is -0.131. The summed E-state index contributed by atoms with van der Waals surface area (Å²) in [5, 5.41) is 2.56. The van der Waals surface area contributed by atoms with Gasteiger partial charge >= 0.3 is 0 Å². The van der Waals surface area contributed by atoms with E-state index in [0.29, 0.717) is 12.0 Å². The number of rotatable bonds is 3. The Kier molecular flexibility index (Phi) is 4.64. The van der Waals surface area contributed by atoms with E-state index < -0.39 is 0 Å². The van der Waals surface area contributed by atoms with Crippen LogP contribution >= 0.6 is 11.8 Å². The lowest BCUT2D eigenvalue weighted by Crippen LogP contribution is -2.38. The highest BCUT2D eigenvalue weighted by atomic mass is 32.2. The van der Waals surface area contributed by atoms with E-state index in [1.165, 1.54) is 11.8 Å². The van der Waals surface area contributed by atoms with E-state index >= 15 is 0 Å². The van der Waals surface area contributed by atoms with Crippen LogP contribution in [0, 0.1) is 5.92 Å². The molecular formula is C17H23N3O2S. The maximum absolute atomic E-state index is 12.6. The monoisotopic (exact) mass is 333 g/mol. The Morgan fingerprint density at radius 2 is 2.09 bits per heavy atom. The molecule has 5 nitrogen and oxygen atoms in total. The number of hydrogen-bond acceptors (Lipinski definition) is 4. The summed E-state index contributed by atoms with van der Waals surface area (Å²) in [6, 6.07) is 8.12. The van der Waals surface area contributed by atoms with Gasteiger partial charge in [0.15, 0.2) is 0 Å².